The number of aliphatic hydroxyl groups excluding tert-OH is 3. The predicted molar refractivity (Wildman–Crippen MR) is 158 cm³/mol. The zero-order chi connectivity index (χ0) is 32.4. The highest BCUT2D eigenvalue weighted by molar-refractivity contribution is 5.97. The van der Waals surface area contributed by atoms with E-state index in [2.05, 4.69) is 0 Å². The minimum absolute atomic E-state index is 0.00232. The minimum Gasteiger partial charge on any atom is -0.508 e. The summed E-state index contributed by atoms with van der Waals surface area (Å²) in [5.74, 6) is -4.01. The lowest BCUT2D eigenvalue weighted by Crippen LogP contribution is -2.54. The van der Waals surface area contributed by atoms with Crippen molar-refractivity contribution in [2.75, 3.05) is 6.61 Å². The van der Waals surface area contributed by atoms with E-state index in [9.17, 15) is 45.6 Å². The number of esters is 1. The van der Waals surface area contributed by atoms with Gasteiger partial charge in [0, 0.05) is 35.4 Å². The molecule has 1 aliphatic carbocycles. The smallest absolute Gasteiger partial charge is 0.342 e. The highest BCUT2D eigenvalue weighted by atomic mass is 16.7. The van der Waals surface area contributed by atoms with Crippen molar-refractivity contribution in [3.05, 3.63) is 106 Å². The molecule has 4 aromatic rings. The lowest BCUT2D eigenvalue weighted by molar-refractivity contribution is -0.242. The Hall–Kier alpha value is -5.01. The first-order valence-electron chi connectivity index (χ1n) is 14.6. The van der Waals surface area contributed by atoms with E-state index in [0.717, 1.165) is 6.07 Å². The molecular formula is C34H30O12. The van der Waals surface area contributed by atoms with Crippen molar-refractivity contribution in [2.45, 2.75) is 48.5 Å². The van der Waals surface area contributed by atoms with Crippen LogP contribution in [0, 0.1) is 0 Å². The summed E-state index contributed by atoms with van der Waals surface area (Å²) >= 11 is 0. The zero-order valence-electron chi connectivity index (χ0n) is 24.0. The Morgan fingerprint density at radius 3 is 1.89 bits per heavy atom. The van der Waals surface area contributed by atoms with Crippen LogP contribution in [0.3, 0.4) is 0 Å². The van der Waals surface area contributed by atoms with Crippen LogP contribution in [0.25, 0.3) is 0 Å². The summed E-state index contributed by atoms with van der Waals surface area (Å²) in [6, 6.07) is 17.7. The molecule has 12 nitrogen and oxygen atoms in total. The number of ether oxygens (including phenoxy) is 3. The van der Waals surface area contributed by atoms with Gasteiger partial charge >= 0.3 is 5.97 Å². The number of phenols is 5. The molecule has 1 saturated heterocycles. The molecular weight excluding hydrogens is 600 g/mol. The first-order valence-corrected chi connectivity index (χ1v) is 14.6. The molecule has 8 atom stereocenters. The minimum atomic E-state index is -1.68. The summed E-state index contributed by atoms with van der Waals surface area (Å²) in [5.41, 5.74) is 2.18. The van der Waals surface area contributed by atoms with Crippen molar-refractivity contribution in [1.82, 2.24) is 0 Å². The number of carbonyl (C=O) groups is 1. The van der Waals surface area contributed by atoms with Crippen molar-refractivity contribution >= 4 is 5.97 Å². The monoisotopic (exact) mass is 630 g/mol. The molecule has 3 aliphatic rings. The molecule has 1 fully saturated rings. The summed E-state index contributed by atoms with van der Waals surface area (Å²) in [5, 5.41) is 83.6. The van der Waals surface area contributed by atoms with Crippen molar-refractivity contribution < 1.29 is 59.9 Å². The molecule has 0 radical (unpaired) electrons. The summed E-state index contributed by atoms with van der Waals surface area (Å²) in [6.07, 6.45) is -7.09. The van der Waals surface area contributed by atoms with Gasteiger partial charge in [0.15, 0.2) is 0 Å². The molecule has 238 valence electrons. The average molecular weight is 631 g/mol. The number of rotatable bonds is 5. The van der Waals surface area contributed by atoms with Gasteiger partial charge in [-0.3, -0.25) is 0 Å². The molecule has 8 N–H and O–H groups in total. The van der Waals surface area contributed by atoms with Gasteiger partial charge in [-0.2, -0.15) is 0 Å². The quantitative estimate of drug-likeness (QED) is 0.150. The second-order valence-electron chi connectivity index (χ2n) is 11.8. The summed E-state index contributed by atoms with van der Waals surface area (Å²) in [6.45, 7) is -0.354. The Morgan fingerprint density at radius 1 is 0.652 bits per heavy atom. The maximum atomic E-state index is 13.6. The predicted octanol–water partition coefficient (Wildman–Crippen LogP) is 2.96. The maximum absolute atomic E-state index is 13.6. The molecule has 7 rings (SSSR count). The summed E-state index contributed by atoms with van der Waals surface area (Å²) in [4.78, 5) is 13.6. The number of cyclic esters (lactones) is 1. The average Bonchev–Trinajstić information content (AvgIpc) is 3.37. The molecule has 0 saturated carbocycles. The molecule has 0 bridgehead atoms. The first-order chi connectivity index (χ1) is 22.0. The second kappa shape index (κ2) is 11.1. The summed E-state index contributed by atoms with van der Waals surface area (Å²) < 4.78 is 17.7. The second-order valence-corrected chi connectivity index (χ2v) is 11.8. The molecule has 4 aromatic carbocycles. The van der Waals surface area contributed by atoms with E-state index < -0.39 is 60.2 Å². The molecule has 0 spiro atoms. The Kier molecular flexibility index (Phi) is 7.17. The van der Waals surface area contributed by atoms with Crippen LogP contribution < -0.4 is 4.74 Å². The van der Waals surface area contributed by atoms with Crippen molar-refractivity contribution in [1.29, 1.82) is 0 Å². The van der Waals surface area contributed by atoms with Gasteiger partial charge in [0.2, 0.25) is 6.29 Å². The van der Waals surface area contributed by atoms with Crippen LogP contribution in [0.1, 0.15) is 62.0 Å². The van der Waals surface area contributed by atoms with E-state index in [1.807, 2.05) is 0 Å². The Labute approximate surface area is 261 Å². The summed E-state index contributed by atoms with van der Waals surface area (Å²) in [7, 11) is 0. The zero-order valence-corrected chi connectivity index (χ0v) is 24.0. The lowest BCUT2D eigenvalue weighted by Gasteiger charge is -2.36. The largest absolute Gasteiger partial charge is 0.508 e. The molecule has 46 heavy (non-hydrogen) atoms. The number of hydrogen-bond donors (Lipinski definition) is 8. The number of carbonyl (C=O) groups excluding carboxylic acids is 1. The Morgan fingerprint density at radius 2 is 1.26 bits per heavy atom. The van der Waals surface area contributed by atoms with Crippen molar-refractivity contribution in [3.8, 4) is 34.5 Å². The SMILES string of the molecule is O=C1O[C@@H](c2ccc(O)cc2)[C@H]2c3c1c(O)cc(O[C@@H]1OC[C@H](O)[C@H](O)[C@H]1O)c3[C@H](c1cc(O)cc(O)c1)[C@H]2c1ccc(O)cc1. The van der Waals surface area contributed by atoms with Gasteiger partial charge in [-0.25, -0.2) is 4.79 Å². The van der Waals surface area contributed by atoms with Crippen molar-refractivity contribution in [3.63, 3.8) is 0 Å². The first kappa shape index (κ1) is 29.7. The van der Waals surface area contributed by atoms with E-state index in [0.29, 0.717) is 27.8 Å². The molecule has 12 heteroatoms. The van der Waals surface area contributed by atoms with E-state index in [1.54, 1.807) is 24.3 Å². The molecule has 2 aliphatic heterocycles. The van der Waals surface area contributed by atoms with Crippen LogP contribution in [0.15, 0.2) is 72.8 Å². The highest BCUT2D eigenvalue weighted by Gasteiger charge is 2.55. The maximum Gasteiger partial charge on any atom is 0.342 e. The van der Waals surface area contributed by atoms with Gasteiger partial charge in [0.05, 0.1) is 6.61 Å². The third-order valence-electron chi connectivity index (χ3n) is 8.98. The van der Waals surface area contributed by atoms with Crippen LogP contribution in [-0.2, 0) is 9.47 Å². The van der Waals surface area contributed by atoms with Crippen LogP contribution in [-0.4, -0.2) is 78.0 Å². The molecule has 0 aromatic heterocycles. The molecule has 0 amide bonds. The fourth-order valence-corrected chi connectivity index (χ4v) is 7.03. The van der Waals surface area contributed by atoms with Crippen LogP contribution in [0.4, 0.5) is 0 Å². The Bertz CT molecular complexity index is 1780. The van der Waals surface area contributed by atoms with Gasteiger partial charge in [-0.15, -0.1) is 0 Å². The fraction of sp³-hybridized carbons (Fsp3) is 0.265. The van der Waals surface area contributed by atoms with Gasteiger partial charge in [-0.05, 0) is 58.7 Å². The lowest BCUT2D eigenvalue weighted by atomic mass is 9.74. The third kappa shape index (κ3) is 4.83. The van der Waals surface area contributed by atoms with Crippen molar-refractivity contribution in [2.24, 2.45) is 0 Å². The van der Waals surface area contributed by atoms with E-state index in [1.165, 1.54) is 42.5 Å². The van der Waals surface area contributed by atoms with E-state index in [4.69, 9.17) is 14.2 Å². The van der Waals surface area contributed by atoms with Gasteiger partial charge < -0.3 is 55.1 Å². The highest BCUT2D eigenvalue weighted by Crippen LogP contribution is 2.65. The van der Waals surface area contributed by atoms with Gasteiger partial charge in [0.1, 0.15) is 64.5 Å². The van der Waals surface area contributed by atoms with Gasteiger partial charge in [-0.1, -0.05) is 24.3 Å². The molecule has 2 heterocycles. The number of phenolic OH excluding ortho intramolecular Hbond substituents is 5. The van der Waals surface area contributed by atoms with E-state index >= 15 is 0 Å². The van der Waals surface area contributed by atoms with E-state index in [-0.39, 0.29) is 40.9 Å². The van der Waals surface area contributed by atoms with Crippen LogP contribution in [0.2, 0.25) is 0 Å². The number of hydrogen-bond acceptors (Lipinski definition) is 12. The number of aliphatic hydroxyl groups is 3. The van der Waals surface area contributed by atoms with Crippen LogP contribution >= 0.6 is 0 Å². The number of benzene rings is 4. The van der Waals surface area contributed by atoms with Gasteiger partial charge in [0.25, 0.3) is 0 Å². The Balaban J connectivity index is 1.51. The number of aromatic hydroxyl groups is 5. The standard InChI is InChI=1S/C34H30O12/c35-17-5-1-14(2-6-17)24-25(16-9-19(37)11-20(38)10-16)27-23(45-34-31(42)30(41)22(40)13-44-34)12-21(39)26-28(27)29(24)32(46-33(26)43)15-3-7-18(36)8-4-15/h1-12,22,24-25,29-32,34-42H,13H2/t22-,24+,25+,29+,30-,31+,32-,34-/m0/s1. The van der Waals surface area contributed by atoms with Crippen LogP contribution in [0.5, 0.6) is 34.5 Å². The molecule has 0 unspecified atom stereocenters. The third-order valence-corrected chi connectivity index (χ3v) is 8.98. The topological polar surface area (TPSA) is 207 Å². The fourth-order valence-electron chi connectivity index (χ4n) is 7.03. The normalized spacial score (nSPS) is 28.4.